The summed E-state index contributed by atoms with van der Waals surface area (Å²) in [4.78, 5) is 189. The minimum absolute atomic E-state index is 0.00504. The number of carbonyl (C=O) groups excluding carboxylic acids is 12. The Kier molecular flexibility index (Phi) is 35.4. The summed E-state index contributed by atoms with van der Waals surface area (Å²) < 4.78 is 0. The van der Waals surface area contributed by atoms with Gasteiger partial charge in [0.05, 0.1) is 31.6 Å². The second-order valence-corrected chi connectivity index (χ2v) is 27.0. The van der Waals surface area contributed by atoms with Crippen LogP contribution >= 0.6 is 25.3 Å². The Morgan fingerprint density at radius 3 is 1.61 bits per heavy atom. The molecular weight excluding hydrogens is 1420 g/mol. The molecule has 0 radical (unpaired) electrons. The normalized spacial score (nSPS) is 15.0. The van der Waals surface area contributed by atoms with Crippen molar-refractivity contribution in [3.63, 3.8) is 0 Å². The number of benzene rings is 3. The maximum atomic E-state index is 14.5. The largest absolute Gasteiger partial charge is 0.508 e. The van der Waals surface area contributed by atoms with E-state index in [0.717, 1.165) is 0 Å². The topological polar surface area (TPSA) is 544 Å². The Balaban J connectivity index is 1.25. The molecule has 0 aliphatic rings. The number of fused-ring (bicyclic) bond motifs is 1. The van der Waals surface area contributed by atoms with Gasteiger partial charge in [0.25, 0.3) is 0 Å². The van der Waals surface area contributed by atoms with Crippen molar-refractivity contribution in [1.29, 1.82) is 0 Å². The number of unbranched alkanes of at least 4 members (excludes halogenated alkanes) is 1. The lowest BCUT2D eigenvalue weighted by Crippen LogP contribution is -2.62. The van der Waals surface area contributed by atoms with Crippen LogP contribution in [0.5, 0.6) is 5.75 Å². The Bertz CT molecular complexity index is 3770. The standard InChI is InChI=1S/C70H99N17O17S2/c1-36(2)24-49(63(96)87-58(39(6)89)69(102)82-51(27-42-29-74-47-17-11-10-16-45(42)47)64(97)86-57(37(3)4)68(101)85-55(34-106)66(99)78-48(70(103)104)18-12-13-23-71)79-59(92)38(5)77-56(91)31-75-61(94)50(26-40-14-8-7-9-15-40)80-62(95)52(28-43-30-73-35-76-43)81-67(100)54(33-105)84-65(98)53(32-88)83-60(93)46(72)25-41-19-21-44(90)22-20-41/h7-11,14-17,19-22,29-30,35-39,46,48-55,57-58,74,88-90,105-106H,12-13,18,23-28,31-34,71-72H2,1-6H3,(H,73,76)(H,75,94)(H,77,91)(H,78,99)(H,79,92)(H,80,95)(H,81,100)(H,82,102)(H,83,93)(H,84,98)(H,85,101)(H,86,97)(H,87,96)(H,103,104)/t38-,39+,46-,48-,49-,50-,51-,52-,53-,54-,55-,57-,58-/m0/s1. The van der Waals surface area contributed by atoms with Crippen LogP contribution < -0.4 is 75.3 Å². The van der Waals surface area contributed by atoms with E-state index in [2.05, 4.69) is 104 Å². The molecule has 22 N–H and O–H groups in total. The average molecular weight is 1510 g/mol. The molecule has 0 unspecified atom stereocenters. The van der Waals surface area contributed by atoms with Gasteiger partial charge in [0, 0.05) is 59.8 Å². The molecule has 0 fully saturated rings. The summed E-state index contributed by atoms with van der Waals surface area (Å²) in [6, 6.07) is 4.17. The van der Waals surface area contributed by atoms with Crippen LogP contribution in [0.3, 0.4) is 0 Å². The fraction of sp³-hybridized carbons (Fsp3) is 0.486. The lowest BCUT2D eigenvalue weighted by molar-refractivity contribution is -0.142. The van der Waals surface area contributed by atoms with E-state index >= 15 is 0 Å². The summed E-state index contributed by atoms with van der Waals surface area (Å²) in [5.41, 5.74) is 14.4. The number of hydrogen-bond acceptors (Lipinski definition) is 21. The molecule has 36 heteroatoms. The highest BCUT2D eigenvalue weighted by Gasteiger charge is 2.38. The number of aromatic nitrogens is 3. The van der Waals surface area contributed by atoms with Crippen molar-refractivity contribution in [1.82, 2.24) is 78.8 Å². The molecular formula is C70H99N17O17S2. The van der Waals surface area contributed by atoms with Crippen molar-refractivity contribution in [2.24, 2.45) is 23.3 Å². The van der Waals surface area contributed by atoms with Gasteiger partial charge in [-0.2, -0.15) is 25.3 Å². The third-order valence-electron chi connectivity index (χ3n) is 16.8. The molecule has 13 atom stereocenters. The van der Waals surface area contributed by atoms with Crippen LogP contribution in [0.1, 0.15) is 89.6 Å². The van der Waals surface area contributed by atoms with Crippen molar-refractivity contribution < 1.29 is 82.8 Å². The number of para-hydroxylation sites is 1. The Morgan fingerprint density at radius 2 is 1.03 bits per heavy atom. The highest BCUT2D eigenvalue weighted by atomic mass is 32.1. The second kappa shape index (κ2) is 43.3. The first-order valence-corrected chi connectivity index (χ1v) is 35.8. The smallest absolute Gasteiger partial charge is 0.326 e. The summed E-state index contributed by atoms with van der Waals surface area (Å²) in [6.45, 7) is 7.81. The zero-order valence-corrected chi connectivity index (χ0v) is 61.5. The number of imidazole rings is 1. The molecule has 0 saturated carbocycles. The molecule has 12 amide bonds. The molecule has 5 aromatic rings. The minimum atomic E-state index is -1.78. The summed E-state index contributed by atoms with van der Waals surface area (Å²) in [5, 5.41) is 71.4. The molecule has 3 aromatic carbocycles. The number of phenols is 1. The number of aliphatic hydroxyl groups excluding tert-OH is 2. The first kappa shape index (κ1) is 86.5. The molecule has 578 valence electrons. The fourth-order valence-corrected chi connectivity index (χ4v) is 11.4. The molecule has 106 heavy (non-hydrogen) atoms. The predicted octanol–water partition coefficient (Wildman–Crippen LogP) is -3.19. The van der Waals surface area contributed by atoms with E-state index < -0.39 is 175 Å². The molecule has 0 saturated heterocycles. The number of nitrogens with two attached hydrogens (primary N) is 2. The molecule has 2 aromatic heterocycles. The van der Waals surface area contributed by atoms with Crippen LogP contribution in [-0.2, 0) is 88.0 Å². The Hall–Kier alpha value is -10.1. The number of carboxylic acid groups (broad SMARTS) is 1. The maximum absolute atomic E-state index is 14.5. The molecule has 0 bridgehead atoms. The number of thiol groups is 2. The number of nitrogens with zero attached hydrogens (tertiary/aromatic N) is 1. The number of aromatic hydroxyl groups is 1. The Morgan fingerprint density at radius 1 is 0.519 bits per heavy atom. The maximum Gasteiger partial charge on any atom is 0.326 e. The van der Waals surface area contributed by atoms with E-state index in [-0.39, 0.29) is 61.7 Å². The summed E-state index contributed by atoms with van der Waals surface area (Å²) in [7, 11) is 0. The number of aliphatic hydroxyl groups is 2. The van der Waals surface area contributed by atoms with Gasteiger partial charge in [-0.1, -0.05) is 88.4 Å². The number of carboxylic acids is 1. The quantitative estimate of drug-likeness (QED) is 0.0135. The molecule has 0 aliphatic heterocycles. The molecule has 34 nitrogen and oxygen atoms in total. The number of carbonyl (C=O) groups is 13. The van der Waals surface area contributed by atoms with E-state index in [4.69, 9.17) is 11.5 Å². The third kappa shape index (κ3) is 27.7. The van der Waals surface area contributed by atoms with Crippen molar-refractivity contribution >= 4 is 113 Å². The highest BCUT2D eigenvalue weighted by Crippen LogP contribution is 2.21. The number of amides is 12. The SMILES string of the molecule is CC(C)C[C@H](NC(=O)[C@H](C)NC(=O)CNC(=O)[C@H](Cc1ccccc1)NC(=O)[C@H](Cc1cnc[nH]1)NC(=O)[C@H](CS)NC(=O)[C@H](CO)NC(=O)[C@@H](N)Cc1ccc(O)cc1)C(=O)N[C@H](C(=O)N[C@@H](Cc1c[nH]c2ccccc12)C(=O)N[C@H](C(=O)N[C@@H](CS)C(=O)N[C@@H](CCCCN)C(=O)O)C(C)C)[C@@H](C)O. The van der Waals surface area contributed by atoms with Gasteiger partial charge in [0.1, 0.15) is 72.2 Å². The number of nitrogens with one attached hydrogen (secondary N) is 14. The van der Waals surface area contributed by atoms with E-state index in [1.807, 2.05) is 0 Å². The minimum Gasteiger partial charge on any atom is -0.508 e. The fourth-order valence-electron chi connectivity index (χ4n) is 10.9. The van der Waals surface area contributed by atoms with E-state index in [1.54, 1.807) is 101 Å². The summed E-state index contributed by atoms with van der Waals surface area (Å²) in [6.07, 6.45) is 3.03. The first-order chi connectivity index (χ1) is 50.4. The van der Waals surface area contributed by atoms with Gasteiger partial charge in [-0.15, -0.1) is 0 Å². The molecule has 2 heterocycles. The van der Waals surface area contributed by atoms with Gasteiger partial charge in [-0.25, -0.2) is 9.78 Å². The lowest BCUT2D eigenvalue weighted by atomic mass is 9.99. The zero-order valence-electron chi connectivity index (χ0n) is 59.7. The molecule has 0 aliphatic carbocycles. The summed E-state index contributed by atoms with van der Waals surface area (Å²) in [5.74, 6) is -13.8. The van der Waals surface area contributed by atoms with Crippen molar-refractivity contribution in [2.75, 3.05) is 31.2 Å². The number of aliphatic carboxylic acids is 1. The van der Waals surface area contributed by atoms with Crippen LogP contribution in [0.25, 0.3) is 10.9 Å². The number of rotatable bonds is 44. The first-order valence-electron chi connectivity index (χ1n) is 34.5. The van der Waals surface area contributed by atoms with Gasteiger partial charge in [-0.3, -0.25) is 57.5 Å². The highest BCUT2D eigenvalue weighted by molar-refractivity contribution is 7.80. The van der Waals surface area contributed by atoms with Crippen LogP contribution in [0.4, 0.5) is 0 Å². The average Bonchev–Trinajstić information content (AvgIpc) is 1.65. The van der Waals surface area contributed by atoms with Gasteiger partial charge in [0.15, 0.2) is 0 Å². The van der Waals surface area contributed by atoms with Gasteiger partial charge >= 0.3 is 5.97 Å². The zero-order chi connectivity index (χ0) is 78.3. The number of hydrogen-bond donors (Lipinski definition) is 22. The monoisotopic (exact) mass is 1510 g/mol. The van der Waals surface area contributed by atoms with E-state index in [1.165, 1.54) is 38.5 Å². The number of phenolic OH excluding ortho intramolecular Hbond substituents is 1. The van der Waals surface area contributed by atoms with Crippen LogP contribution in [0.2, 0.25) is 0 Å². The van der Waals surface area contributed by atoms with Crippen molar-refractivity contribution in [2.45, 2.75) is 172 Å². The van der Waals surface area contributed by atoms with E-state index in [0.29, 0.717) is 52.7 Å². The van der Waals surface area contributed by atoms with Gasteiger partial charge in [0.2, 0.25) is 70.9 Å². The van der Waals surface area contributed by atoms with Gasteiger partial charge < -0.3 is 106 Å². The number of aromatic amines is 2. The molecule has 5 rings (SSSR count). The predicted molar refractivity (Wildman–Crippen MR) is 395 cm³/mol. The number of H-pyrrole nitrogens is 2. The van der Waals surface area contributed by atoms with Gasteiger partial charge in [-0.05, 0) is 99.2 Å². The van der Waals surface area contributed by atoms with Crippen LogP contribution in [0.15, 0.2) is 97.6 Å². The summed E-state index contributed by atoms with van der Waals surface area (Å²) >= 11 is 8.45. The van der Waals surface area contributed by atoms with Crippen molar-refractivity contribution in [3.05, 3.63) is 120 Å². The molecule has 0 spiro atoms. The lowest BCUT2D eigenvalue weighted by Gasteiger charge is -2.29. The van der Waals surface area contributed by atoms with E-state index in [9.17, 15) is 82.8 Å². The van der Waals surface area contributed by atoms with Crippen molar-refractivity contribution in [3.8, 4) is 5.75 Å². The second-order valence-electron chi connectivity index (χ2n) is 26.3. The van der Waals surface area contributed by atoms with Crippen LogP contribution in [0, 0.1) is 11.8 Å². The Labute approximate surface area is 623 Å². The van der Waals surface area contributed by atoms with Crippen LogP contribution in [-0.4, -0.2) is 222 Å². The third-order valence-corrected chi connectivity index (χ3v) is 17.6.